The molecule has 0 radical (unpaired) electrons. The van der Waals surface area contributed by atoms with E-state index in [1.807, 2.05) is 24.3 Å². The molecule has 1 aliphatic rings. The molecule has 0 aliphatic heterocycles. The molecule has 4 heteroatoms. The van der Waals surface area contributed by atoms with E-state index in [0.29, 0.717) is 6.42 Å². The van der Waals surface area contributed by atoms with Gasteiger partial charge in [0.05, 0.1) is 6.04 Å². The van der Waals surface area contributed by atoms with Crippen LogP contribution in [0.25, 0.3) is 0 Å². The summed E-state index contributed by atoms with van der Waals surface area (Å²) in [7, 11) is 0. The molecule has 1 amide bonds. The first kappa shape index (κ1) is 12.6. The first-order valence-corrected chi connectivity index (χ1v) is 6.23. The van der Waals surface area contributed by atoms with Crippen LogP contribution >= 0.6 is 0 Å². The molecule has 96 valence electrons. The number of benzene rings is 1. The molecule has 1 saturated carbocycles. The number of rotatable bonds is 4. The monoisotopic (exact) mass is 247 g/mol. The lowest BCUT2D eigenvalue weighted by atomic mass is 9.91. The normalized spacial score (nSPS) is 18.1. The van der Waals surface area contributed by atoms with Gasteiger partial charge in [0, 0.05) is 6.42 Å². The van der Waals surface area contributed by atoms with Crippen molar-refractivity contribution in [3.8, 4) is 0 Å². The highest BCUT2D eigenvalue weighted by Crippen LogP contribution is 2.14. The third kappa shape index (κ3) is 3.09. The van der Waals surface area contributed by atoms with Gasteiger partial charge in [-0.3, -0.25) is 4.79 Å². The predicted molar refractivity (Wildman–Crippen MR) is 67.2 cm³/mol. The standard InChI is InChI=1S/C14H17NO3/c1-2-10-3-5-11(6-4-10)9-18-14(17)15-12-7-8-13(12)16/h3-6,12H,2,7-9H2,1H3,(H,15,17)/t12-/m0/s1. The Kier molecular flexibility index (Phi) is 3.97. The summed E-state index contributed by atoms with van der Waals surface area (Å²) in [5.74, 6) is 0.0826. The van der Waals surface area contributed by atoms with Gasteiger partial charge in [0.2, 0.25) is 0 Å². The van der Waals surface area contributed by atoms with Gasteiger partial charge in [-0.05, 0) is 24.0 Å². The fraction of sp³-hybridized carbons (Fsp3) is 0.429. The van der Waals surface area contributed by atoms with E-state index in [1.165, 1.54) is 5.56 Å². The van der Waals surface area contributed by atoms with Gasteiger partial charge in [-0.15, -0.1) is 0 Å². The second-order valence-electron chi connectivity index (χ2n) is 4.45. The number of Topliss-reactive ketones (excluding diaryl/α,β-unsaturated/α-hetero) is 1. The van der Waals surface area contributed by atoms with E-state index in [1.54, 1.807) is 0 Å². The van der Waals surface area contributed by atoms with E-state index < -0.39 is 6.09 Å². The van der Waals surface area contributed by atoms with E-state index in [2.05, 4.69) is 12.2 Å². The lowest BCUT2D eigenvalue weighted by Gasteiger charge is -2.24. The van der Waals surface area contributed by atoms with Crippen molar-refractivity contribution in [1.29, 1.82) is 0 Å². The quantitative estimate of drug-likeness (QED) is 0.887. The molecule has 1 fully saturated rings. The van der Waals surface area contributed by atoms with Crippen molar-refractivity contribution in [2.24, 2.45) is 0 Å². The molecule has 0 saturated heterocycles. The van der Waals surface area contributed by atoms with Crippen LogP contribution in [0.4, 0.5) is 4.79 Å². The number of carbonyl (C=O) groups is 2. The largest absolute Gasteiger partial charge is 0.445 e. The van der Waals surface area contributed by atoms with Crippen molar-refractivity contribution in [3.05, 3.63) is 35.4 Å². The number of hydrogen-bond donors (Lipinski definition) is 1. The zero-order valence-electron chi connectivity index (χ0n) is 10.4. The Hall–Kier alpha value is -1.84. The minimum Gasteiger partial charge on any atom is -0.445 e. The number of nitrogens with one attached hydrogen (secondary N) is 1. The first-order chi connectivity index (χ1) is 8.69. The molecular weight excluding hydrogens is 230 g/mol. The Labute approximate surface area is 106 Å². The Balaban J connectivity index is 1.76. The summed E-state index contributed by atoms with van der Waals surface area (Å²) >= 11 is 0. The van der Waals surface area contributed by atoms with Crippen molar-refractivity contribution in [2.75, 3.05) is 0 Å². The van der Waals surface area contributed by atoms with E-state index in [9.17, 15) is 9.59 Å². The fourth-order valence-corrected chi connectivity index (χ4v) is 1.76. The van der Waals surface area contributed by atoms with Gasteiger partial charge >= 0.3 is 6.09 Å². The van der Waals surface area contributed by atoms with Crippen LogP contribution in [0.5, 0.6) is 0 Å². The smallest absolute Gasteiger partial charge is 0.408 e. The van der Waals surface area contributed by atoms with Crippen LogP contribution in [0.15, 0.2) is 24.3 Å². The lowest BCUT2D eigenvalue weighted by Crippen LogP contribution is -2.47. The molecule has 1 N–H and O–H groups in total. The van der Waals surface area contributed by atoms with Crippen molar-refractivity contribution in [1.82, 2.24) is 5.32 Å². The SMILES string of the molecule is CCc1ccc(COC(=O)N[C@H]2CCC2=O)cc1. The third-order valence-electron chi connectivity index (χ3n) is 3.16. The molecule has 1 atom stereocenters. The number of aryl methyl sites for hydroxylation is 1. The van der Waals surface area contributed by atoms with Crippen molar-refractivity contribution >= 4 is 11.9 Å². The summed E-state index contributed by atoms with van der Waals surface area (Å²) < 4.78 is 5.05. The average Bonchev–Trinajstić information content (AvgIpc) is 2.41. The van der Waals surface area contributed by atoms with E-state index in [-0.39, 0.29) is 18.4 Å². The topological polar surface area (TPSA) is 55.4 Å². The average molecular weight is 247 g/mol. The van der Waals surface area contributed by atoms with Crippen LogP contribution < -0.4 is 5.32 Å². The predicted octanol–water partition coefficient (Wildman–Crippen LogP) is 2.21. The summed E-state index contributed by atoms with van der Waals surface area (Å²) in [6.07, 6.45) is 1.75. The summed E-state index contributed by atoms with van der Waals surface area (Å²) in [6, 6.07) is 7.60. The van der Waals surface area contributed by atoms with Crippen LogP contribution in [-0.2, 0) is 22.6 Å². The maximum atomic E-state index is 11.4. The molecule has 18 heavy (non-hydrogen) atoms. The van der Waals surface area contributed by atoms with Crippen molar-refractivity contribution < 1.29 is 14.3 Å². The fourth-order valence-electron chi connectivity index (χ4n) is 1.76. The van der Waals surface area contributed by atoms with Gasteiger partial charge in [0.15, 0.2) is 5.78 Å². The van der Waals surface area contributed by atoms with Crippen molar-refractivity contribution in [2.45, 2.75) is 38.8 Å². The minimum atomic E-state index is -0.521. The van der Waals surface area contributed by atoms with Gasteiger partial charge in [-0.25, -0.2) is 4.79 Å². The van der Waals surface area contributed by atoms with Gasteiger partial charge < -0.3 is 10.1 Å². The van der Waals surface area contributed by atoms with Crippen LogP contribution in [0.1, 0.15) is 30.9 Å². The Morgan fingerprint density at radius 1 is 1.33 bits per heavy atom. The van der Waals surface area contributed by atoms with Crippen LogP contribution in [0, 0.1) is 0 Å². The number of ketones is 1. The highest BCUT2D eigenvalue weighted by Gasteiger charge is 2.29. The number of amides is 1. The minimum absolute atomic E-state index is 0.0826. The molecule has 0 unspecified atom stereocenters. The second-order valence-corrected chi connectivity index (χ2v) is 4.45. The summed E-state index contributed by atoms with van der Waals surface area (Å²) in [5.41, 5.74) is 2.20. The summed E-state index contributed by atoms with van der Waals surface area (Å²) in [6.45, 7) is 2.32. The van der Waals surface area contributed by atoms with E-state index in [0.717, 1.165) is 18.4 Å². The van der Waals surface area contributed by atoms with E-state index >= 15 is 0 Å². The zero-order chi connectivity index (χ0) is 13.0. The second kappa shape index (κ2) is 5.67. The van der Waals surface area contributed by atoms with Gasteiger partial charge in [-0.2, -0.15) is 0 Å². The molecule has 4 nitrogen and oxygen atoms in total. The number of ether oxygens (including phenoxy) is 1. The maximum absolute atomic E-state index is 11.4. The van der Waals surface area contributed by atoms with Crippen LogP contribution in [0.2, 0.25) is 0 Å². The molecule has 1 aromatic carbocycles. The lowest BCUT2D eigenvalue weighted by molar-refractivity contribution is -0.126. The molecule has 0 bridgehead atoms. The summed E-state index contributed by atoms with van der Waals surface area (Å²) in [4.78, 5) is 22.4. The molecule has 1 aliphatic carbocycles. The number of alkyl carbamates (subject to hydrolysis) is 1. The number of carbonyl (C=O) groups excluding carboxylic acids is 2. The third-order valence-corrected chi connectivity index (χ3v) is 3.16. The Bertz CT molecular complexity index is 439. The highest BCUT2D eigenvalue weighted by atomic mass is 16.5. The van der Waals surface area contributed by atoms with Crippen LogP contribution in [0.3, 0.4) is 0 Å². The maximum Gasteiger partial charge on any atom is 0.408 e. The van der Waals surface area contributed by atoms with Gasteiger partial charge in [0.1, 0.15) is 6.61 Å². The van der Waals surface area contributed by atoms with Gasteiger partial charge in [-0.1, -0.05) is 31.2 Å². The summed E-state index contributed by atoms with van der Waals surface area (Å²) in [5, 5.41) is 2.55. The molecular formula is C14H17NO3. The molecule has 0 aromatic heterocycles. The van der Waals surface area contributed by atoms with E-state index in [4.69, 9.17) is 4.74 Å². The van der Waals surface area contributed by atoms with Crippen molar-refractivity contribution in [3.63, 3.8) is 0 Å². The number of hydrogen-bond acceptors (Lipinski definition) is 3. The molecule has 0 spiro atoms. The first-order valence-electron chi connectivity index (χ1n) is 6.23. The molecule has 0 heterocycles. The molecule has 2 rings (SSSR count). The highest BCUT2D eigenvalue weighted by molar-refractivity contribution is 5.92. The van der Waals surface area contributed by atoms with Gasteiger partial charge in [0.25, 0.3) is 0 Å². The molecule has 1 aromatic rings. The Morgan fingerprint density at radius 2 is 2.00 bits per heavy atom. The van der Waals surface area contributed by atoms with Crippen LogP contribution in [-0.4, -0.2) is 17.9 Å². The zero-order valence-corrected chi connectivity index (χ0v) is 10.4. The Morgan fingerprint density at radius 3 is 2.50 bits per heavy atom.